The molecule has 10 aromatic rings. The van der Waals surface area contributed by atoms with E-state index < -0.39 is 0 Å². The second kappa shape index (κ2) is 9.43. The van der Waals surface area contributed by atoms with Gasteiger partial charge in [0.05, 0.1) is 26.8 Å². The summed E-state index contributed by atoms with van der Waals surface area (Å²) in [6.07, 6.45) is 0. The quantitative estimate of drug-likeness (QED) is 0.194. The van der Waals surface area contributed by atoms with E-state index in [1.165, 1.54) is 86.3 Å². The molecule has 0 amide bonds. The first kappa shape index (κ1) is 24.8. The van der Waals surface area contributed by atoms with Gasteiger partial charge in [-0.05, 0) is 54.1 Å². The molecule has 0 N–H and O–H groups in total. The van der Waals surface area contributed by atoms with Gasteiger partial charge in [-0.25, -0.2) is 0 Å². The molecular formula is C42H26N2S. The minimum Gasteiger partial charge on any atom is -0.309 e. The lowest BCUT2D eigenvalue weighted by atomic mass is 9.95. The molecule has 0 bridgehead atoms. The molecule has 3 aromatic heterocycles. The van der Waals surface area contributed by atoms with Crippen LogP contribution in [0.3, 0.4) is 0 Å². The van der Waals surface area contributed by atoms with E-state index in [2.05, 4.69) is 167 Å². The number of aromatic nitrogens is 2. The lowest BCUT2D eigenvalue weighted by Crippen LogP contribution is -1.96. The number of hydrogen-bond acceptors (Lipinski definition) is 1. The molecule has 0 aliphatic carbocycles. The smallest absolute Gasteiger partial charge is 0.0720 e. The summed E-state index contributed by atoms with van der Waals surface area (Å²) in [7, 11) is 0. The Labute approximate surface area is 263 Å². The summed E-state index contributed by atoms with van der Waals surface area (Å²) in [6.45, 7) is 0. The van der Waals surface area contributed by atoms with Gasteiger partial charge in [-0.2, -0.15) is 0 Å². The first-order valence-electron chi connectivity index (χ1n) is 15.4. The number of thiophene rings is 1. The second-order valence-electron chi connectivity index (χ2n) is 11.7. The van der Waals surface area contributed by atoms with Gasteiger partial charge in [-0.15, -0.1) is 11.3 Å². The maximum Gasteiger partial charge on any atom is 0.0720 e. The zero-order chi connectivity index (χ0) is 29.5. The van der Waals surface area contributed by atoms with E-state index in [1.54, 1.807) is 0 Å². The van der Waals surface area contributed by atoms with Crippen molar-refractivity contribution in [1.82, 2.24) is 9.13 Å². The van der Waals surface area contributed by atoms with Gasteiger partial charge in [-0.1, -0.05) is 109 Å². The Hall–Kier alpha value is -5.64. The maximum atomic E-state index is 2.47. The summed E-state index contributed by atoms with van der Waals surface area (Å²) in [5, 5.41) is 7.72. The van der Waals surface area contributed by atoms with Crippen molar-refractivity contribution in [1.29, 1.82) is 0 Å². The summed E-state index contributed by atoms with van der Waals surface area (Å²) < 4.78 is 7.55. The third kappa shape index (κ3) is 3.44. The number of para-hydroxylation sites is 5. The molecule has 0 saturated heterocycles. The monoisotopic (exact) mass is 590 g/mol. The highest BCUT2D eigenvalue weighted by molar-refractivity contribution is 7.26. The van der Waals surface area contributed by atoms with Crippen molar-refractivity contribution in [2.45, 2.75) is 0 Å². The number of benzene rings is 7. The molecule has 45 heavy (non-hydrogen) atoms. The fourth-order valence-corrected chi connectivity index (χ4v) is 8.74. The van der Waals surface area contributed by atoms with E-state index in [0.29, 0.717) is 0 Å². The minimum atomic E-state index is 1.17. The molecule has 210 valence electrons. The van der Waals surface area contributed by atoms with Gasteiger partial charge in [0.2, 0.25) is 0 Å². The molecule has 0 fully saturated rings. The number of fused-ring (bicyclic) bond motifs is 10. The average molecular weight is 591 g/mol. The molecule has 0 radical (unpaired) electrons. The third-order valence-electron chi connectivity index (χ3n) is 9.30. The summed E-state index contributed by atoms with van der Waals surface area (Å²) in [4.78, 5) is 0. The highest BCUT2D eigenvalue weighted by Gasteiger charge is 2.23. The molecule has 7 aromatic carbocycles. The van der Waals surface area contributed by atoms with Crippen molar-refractivity contribution < 1.29 is 0 Å². The molecule has 3 heterocycles. The van der Waals surface area contributed by atoms with Gasteiger partial charge in [0.15, 0.2) is 0 Å². The van der Waals surface area contributed by atoms with Crippen LogP contribution in [-0.4, -0.2) is 9.13 Å². The standard InChI is InChI=1S/C42H26N2S/c1-3-14-27(15-4-1)43-36-23-10-7-18-29(36)31-21-13-22-32(40(31)43)34-26-35-30-19-8-11-24-37(30)44(28-16-5-2-6-17-28)41(35)42-39(34)33-20-9-12-25-38(33)45-42/h1-26H. The van der Waals surface area contributed by atoms with Crippen LogP contribution in [0.25, 0.3) is 86.3 Å². The highest BCUT2D eigenvalue weighted by atomic mass is 32.1. The summed E-state index contributed by atoms with van der Waals surface area (Å²) >= 11 is 1.91. The van der Waals surface area contributed by atoms with Crippen LogP contribution in [0, 0.1) is 0 Å². The Morgan fingerprint density at radius 1 is 0.378 bits per heavy atom. The van der Waals surface area contributed by atoms with Crippen LogP contribution in [0.4, 0.5) is 0 Å². The van der Waals surface area contributed by atoms with Gasteiger partial charge in [0, 0.05) is 54.0 Å². The second-order valence-corrected chi connectivity index (χ2v) is 12.8. The summed E-state index contributed by atoms with van der Waals surface area (Å²) in [6, 6.07) is 57.5. The Morgan fingerprint density at radius 2 is 0.911 bits per heavy atom. The maximum absolute atomic E-state index is 2.47. The number of nitrogens with zero attached hydrogens (tertiary/aromatic N) is 2. The van der Waals surface area contributed by atoms with Crippen LogP contribution in [-0.2, 0) is 0 Å². The van der Waals surface area contributed by atoms with Crippen molar-refractivity contribution in [3.63, 3.8) is 0 Å². The Balaban J connectivity index is 1.45. The zero-order valence-electron chi connectivity index (χ0n) is 24.3. The molecule has 0 saturated carbocycles. The van der Waals surface area contributed by atoms with Crippen molar-refractivity contribution in [3.05, 3.63) is 158 Å². The van der Waals surface area contributed by atoms with E-state index in [0.717, 1.165) is 0 Å². The van der Waals surface area contributed by atoms with Gasteiger partial charge in [0.1, 0.15) is 0 Å². The van der Waals surface area contributed by atoms with Crippen LogP contribution in [0.15, 0.2) is 158 Å². The third-order valence-corrected chi connectivity index (χ3v) is 10.5. The molecule has 3 heteroatoms. The van der Waals surface area contributed by atoms with Crippen LogP contribution >= 0.6 is 11.3 Å². The number of rotatable bonds is 3. The van der Waals surface area contributed by atoms with E-state index >= 15 is 0 Å². The lowest BCUT2D eigenvalue weighted by molar-refractivity contribution is 1.18. The van der Waals surface area contributed by atoms with Crippen molar-refractivity contribution >= 4 is 75.1 Å². The molecule has 0 spiro atoms. The Kier molecular flexibility index (Phi) is 5.19. The predicted octanol–water partition coefficient (Wildman–Crippen LogP) is 11.9. The van der Waals surface area contributed by atoms with Crippen LogP contribution < -0.4 is 0 Å². The highest BCUT2D eigenvalue weighted by Crippen LogP contribution is 2.49. The zero-order valence-corrected chi connectivity index (χ0v) is 25.1. The van der Waals surface area contributed by atoms with E-state index in [9.17, 15) is 0 Å². The van der Waals surface area contributed by atoms with Crippen molar-refractivity contribution in [2.24, 2.45) is 0 Å². The van der Waals surface area contributed by atoms with Gasteiger partial charge < -0.3 is 9.13 Å². The normalized spacial score (nSPS) is 12.0. The molecule has 10 rings (SSSR count). The molecule has 0 unspecified atom stereocenters. The summed E-state index contributed by atoms with van der Waals surface area (Å²) in [5.74, 6) is 0. The first-order chi connectivity index (χ1) is 22.4. The number of hydrogen-bond donors (Lipinski definition) is 0. The van der Waals surface area contributed by atoms with E-state index in [4.69, 9.17) is 0 Å². The largest absolute Gasteiger partial charge is 0.309 e. The molecule has 0 aliphatic rings. The molecule has 0 atom stereocenters. The van der Waals surface area contributed by atoms with E-state index in [1.807, 2.05) is 11.3 Å². The Morgan fingerprint density at radius 3 is 1.60 bits per heavy atom. The van der Waals surface area contributed by atoms with Gasteiger partial charge >= 0.3 is 0 Å². The molecular weight excluding hydrogens is 565 g/mol. The van der Waals surface area contributed by atoms with Crippen molar-refractivity contribution in [2.75, 3.05) is 0 Å². The van der Waals surface area contributed by atoms with Crippen molar-refractivity contribution in [3.8, 4) is 22.5 Å². The average Bonchev–Trinajstić information content (AvgIpc) is 3.77. The molecule has 2 nitrogen and oxygen atoms in total. The molecule has 0 aliphatic heterocycles. The van der Waals surface area contributed by atoms with E-state index in [-0.39, 0.29) is 0 Å². The lowest BCUT2D eigenvalue weighted by Gasteiger charge is -2.14. The van der Waals surface area contributed by atoms with Crippen LogP contribution in [0.2, 0.25) is 0 Å². The predicted molar refractivity (Wildman–Crippen MR) is 193 cm³/mol. The van der Waals surface area contributed by atoms with Crippen LogP contribution in [0.1, 0.15) is 0 Å². The minimum absolute atomic E-state index is 1.17. The van der Waals surface area contributed by atoms with Gasteiger partial charge in [-0.3, -0.25) is 0 Å². The van der Waals surface area contributed by atoms with Crippen LogP contribution in [0.5, 0.6) is 0 Å². The fourth-order valence-electron chi connectivity index (χ4n) is 7.47. The Bertz CT molecular complexity index is 2740. The summed E-state index contributed by atoms with van der Waals surface area (Å²) in [5.41, 5.74) is 9.85. The first-order valence-corrected chi connectivity index (χ1v) is 16.2. The fraction of sp³-hybridized carbons (Fsp3) is 0. The SMILES string of the molecule is c1ccc(-n2c3ccccc3c3cccc(-c4cc5c6ccccc6n(-c6ccccc6)c5c5sc6ccccc6c45)c32)cc1. The van der Waals surface area contributed by atoms with Gasteiger partial charge in [0.25, 0.3) is 0 Å². The topological polar surface area (TPSA) is 9.86 Å².